The second kappa shape index (κ2) is 9.21. The third kappa shape index (κ3) is 3.93. The third-order valence-electron chi connectivity index (χ3n) is 6.68. The smallest absolute Gasteiger partial charge is 0.231 e. The topological polar surface area (TPSA) is 70.0 Å². The lowest BCUT2D eigenvalue weighted by atomic mass is 9.97. The first-order chi connectivity index (χ1) is 17.6. The van der Waals surface area contributed by atoms with E-state index in [9.17, 15) is 5.11 Å². The summed E-state index contributed by atoms with van der Waals surface area (Å²) in [5.41, 5.74) is 2.82. The van der Waals surface area contributed by atoms with E-state index in [1.165, 1.54) is 0 Å². The quantitative estimate of drug-likeness (QED) is 0.280. The average molecular weight is 482 g/mol. The second-order valence-electron chi connectivity index (χ2n) is 9.13. The summed E-state index contributed by atoms with van der Waals surface area (Å²) in [6, 6.07) is 22.3. The molecule has 0 amide bonds. The minimum absolute atomic E-state index is 0.224. The molecule has 1 aliphatic rings. The lowest BCUT2D eigenvalue weighted by molar-refractivity contribution is 0.174. The minimum Gasteiger partial charge on any atom is -0.493 e. The average Bonchev–Trinajstić information content (AvgIpc) is 3.36. The van der Waals surface area contributed by atoms with E-state index in [2.05, 4.69) is 18.2 Å². The maximum Gasteiger partial charge on any atom is 0.231 e. The molecule has 2 heterocycles. The number of aryl methyl sites for hydroxylation is 1. The number of aliphatic hydroxyl groups is 1. The van der Waals surface area contributed by atoms with Gasteiger partial charge in [-0.25, -0.2) is 0 Å². The zero-order chi connectivity index (χ0) is 24.6. The van der Waals surface area contributed by atoms with E-state index in [0.717, 1.165) is 55.2 Å². The van der Waals surface area contributed by atoms with Crippen LogP contribution in [-0.4, -0.2) is 30.1 Å². The molecule has 6 heteroatoms. The van der Waals surface area contributed by atoms with Gasteiger partial charge in [-0.05, 0) is 60.4 Å². The molecule has 0 aliphatic carbocycles. The van der Waals surface area contributed by atoms with E-state index in [1.807, 2.05) is 48.5 Å². The van der Waals surface area contributed by atoms with Gasteiger partial charge in [0.2, 0.25) is 6.79 Å². The van der Waals surface area contributed by atoms with Crippen molar-refractivity contribution in [1.29, 1.82) is 0 Å². The Labute approximate surface area is 209 Å². The number of nitrogens with zero attached hydrogens (tertiary/aromatic N) is 1. The third-order valence-corrected chi connectivity index (χ3v) is 6.68. The van der Waals surface area contributed by atoms with E-state index in [4.69, 9.17) is 23.9 Å². The lowest BCUT2D eigenvalue weighted by Gasteiger charge is -2.18. The summed E-state index contributed by atoms with van der Waals surface area (Å²) in [4.78, 5) is 5.18. The fraction of sp³-hybridized carbons (Fsp3) is 0.233. The van der Waals surface area contributed by atoms with Crippen LogP contribution in [0.1, 0.15) is 24.6 Å². The van der Waals surface area contributed by atoms with Crippen LogP contribution in [0, 0.1) is 0 Å². The predicted molar refractivity (Wildman–Crippen MR) is 140 cm³/mol. The van der Waals surface area contributed by atoms with Crippen molar-refractivity contribution in [3.8, 4) is 23.0 Å². The second-order valence-corrected chi connectivity index (χ2v) is 9.13. The zero-order valence-corrected chi connectivity index (χ0v) is 20.3. The molecule has 6 rings (SSSR count). The van der Waals surface area contributed by atoms with Gasteiger partial charge >= 0.3 is 0 Å². The van der Waals surface area contributed by atoms with Gasteiger partial charge in [-0.2, -0.15) is 0 Å². The summed E-state index contributed by atoms with van der Waals surface area (Å²) in [7, 11) is 1.65. The van der Waals surface area contributed by atoms with E-state index in [0.29, 0.717) is 30.9 Å². The summed E-state index contributed by atoms with van der Waals surface area (Å²) in [6.07, 6.45) is 0.734. The molecule has 0 saturated carbocycles. The molecular formula is C30H27NO5. The number of ether oxygens (including phenoxy) is 4. The number of aromatic nitrogens is 1. The van der Waals surface area contributed by atoms with Gasteiger partial charge in [0.15, 0.2) is 23.0 Å². The van der Waals surface area contributed by atoms with Crippen LogP contribution in [0.3, 0.4) is 0 Å². The molecule has 0 saturated heterocycles. The van der Waals surface area contributed by atoms with Crippen LogP contribution in [0.4, 0.5) is 0 Å². The number of rotatable bonds is 7. The molecule has 0 radical (unpaired) electrons. The van der Waals surface area contributed by atoms with Crippen LogP contribution >= 0.6 is 0 Å². The standard InChI is InChI=1S/C30H27NO5/c1-18(32)8-12-24-28-21(11-13-25(33-2)30(28)34-16-19-6-4-3-5-7-19)22-10-9-20-14-26-27(36-17-35-26)15-23(20)29(22)31-24/h3-7,9-11,13-15,18,32H,8,12,16-17H2,1-2H3. The van der Waals surface area contributed by atoms with Gasteiger partial charge in [0.05, 0.1) is 24.4 Å². The molecule has 5 aromatic rings. The number of hydrogen-bond donors (Lipinski definition) is 1. The van der Waals surface area contributed by atoms with Gasteiger partial charge in [-0.15, -0.1) is 0 Å². The Morgan fingerprint density at radius 3 is 2.50 bits per heavy atom. The molecule has 4 aromatic carbocycles. The van der Waals surface area contributed by atoms with E-state index >= 15 is 0 Å². The first-order valence-corrected chi connectivity index (χ1v) is 12.1. The van der Waals surface area contributed by atoms with Gasteiger partial charge in [-0.1, -0.05) is 42.5 Å². The first-order valence-electron chi connectivity index (χ1n) is 12.1. The molecule has 0 fully saturated rings. The van der Waals surface area contributed by atoms with Crippen molar-refractivity contribution in [3.63, 3.8) is 0 Å². The summed E-state index contributed by atoms with van der Waals surface area (Å²) in [5.74, 6) is 2.80. The highest BCUT2D eigenvalue weighted by atomic mass is 16.7. The molecule has 1 aromatic heterocycles. The van der Waals surface area contributed by atoms with Crippen molar-refractivity contribution in [1.82, 2.24) is 4.98 Å². The fourth-order valence-corrected chi connectivity index (χ4v) is 4.86. The summed E-state index contributed by atoms with van der Waals surface area (Å²) >= 11 is 0. The molecule has 1 atom stereocenters. The Kier molecular flexibility index (Phi) is 5.74. The molecule has 6 nitrogen and oxygen atoms in total. The molecular weight excluding hydrogens is 454 g/mol. The van der Waals surface area contributed by atoms with Crippen LogP contribution in [0.25, 0.3) is 32.4 Å². The Morgan fingerprint density at radius 1 is 0.944 bits per heavy atom. The van der Waals surface area contributed by atoms with Crippen LogP contribution in [0.15, 0.2) is 66.7 Å². The summed E-state index contributed by atoms with van der Waals surface area (Å²) < 4.78 is 23.4. The lowest BCUT2D eigenvalue weighted by Crippen LogP contribution is -2.06. The maximum absolute atomic E-state index is 10.1. The highest BCUT2D eigenvalue weighted by molar-refractivity contribution is 6.17. The number of fused-ring (bicyclic) bond motifs is 6. The Balaban J connectivity index is 1.60. The van der Waals surface area contributed by atoms with Crippen molar-refractivity contribution in [2.45, 2.75) is 32.5 Å². The number of pyridine rings is 1. The summed E-state index contributed by atoms with van der Waals surface area (Å²) in [5, 5.41) is 15.1. The maximum atomic E-state index is 10.1. The highest BCUT2D eigenvalue weighted by Crippen LogP contribution is 2.44. The van der Waals surface area contributed by atoms with E-state index < -0.39 is 6.10 Å². The zero-order valence-electron chi connectivity index (χ0n) is 20.3. The molecule has 0 bridgehead atoms. The van der Waals surface area contributed by atoms with Crippen LogP contribution in [0.5, 0.6) is 23.0 Å². The monoisotopic (exact) mass is 481 g/mol. The van der Waals surface area contributed by atoms with Crippen molar-refractivity contribution in [3.05, 3.63) is 78.0 Å². The van der Waals surface area contributed by atoms with E-state index in [1.54, 1.807) is 14.0 Å². The summed E-state index contributed by atoms with van der Waals surface area (Å²) in [6.45, 7) is 2.43. The Morgan fingerprint density at radius 2 is 1.72 bits per heavy atom. The predicted octanol–water partition coefficient (Wildman–Crippen LogP) is 6.17. The Hall–Kier alpha value is -4.03. The SMILES string of the molecule is COc1ccc2c(c(CCC(C)O)nc3c4cc5c(cc4ccc23)OCO5)c1OCc1ccccc1. The minimum atomic E-state index is -0.446. The van der Waals surface area contributed by atoms with Crippen molar-refractivity contribution < 1.29 is 24.1 Å². The Bertz CT molecular complexity index is 1580. The van der Waals surface area contributed by atoms with Crippen LogP contribution in [0.2, 0.25) is 0 Å². The van der Waals surface area contributed by atoms with Gasteiger partial charge in [0, 0.05) is 16.2 Å². The number of benzene rings is 4. The number of methoxy groups -OCH3 is 1. The van der Waals surface area contributed by atoms with Crippen molar-refractivity contribution >= 4 is 32.4 Å². The molecule has 1 unspecified atom stereocenters. The van der Waals surface area contributed by atoms with Gasteiger partial charge in [0.25, 0.3) is 0 Å². The first kappa shape index (κ1) is 22.4. The number of aliphatic hydroxyl groups excluding tert-OH is 1. The van der Waals surface area contributed by atoms with Gasteiger partial charge in [0.1, 0.15) is 6.61 Å². The normalized spacial score (nSPS) is 13.4. The van der Waals surface area contributed by atoms with Crippen LogP contribution < -0.4 is 18.9 Å². The van der Waals surface area contributed by atoms with Gasteiger partial charge in [-0.3, -0.25) is 4.98 Å². The molecule has 1 N–H and O–H groups in total. The van der Waals surface area contributed by atoms with Crippen molar-refractivity contribution in [2.75, 3.05) is 13.9 Å². The van der Waals surface area contributed by atoms with Crippen molar-refractivity contribution in [2.24, 2.45) is 0 Å². The van der Waals surface area contributed by atoms with Crippen LogP contribution in [-0.2, 0) is 13.0 Å². The number of hydrogen-bond acceptors (Lipinski definition) is 6. The molecule has 182 valence electrons. The molecule has 0 spiro atoms. The fourth-order valence-electron chi connectivity index (χ4n) is 4.86. The largest absolute Gasteiger partial charge is 0.493 e. The molecule has 36 heavy (non-hydrogen) atoms. The highest BCUT2D eigenvalue weighted by Gasteiger charge is 2.21. The molecule has 1 aliphatic heterocycles. The van der Waals surface area contributed by atoms with E-state index in [-0.39, 0.29) is 6.79 Å². The van der Waals surface area contributed by atoms with Gasteiger partial charge < -0.3 is 24.1 Å².